The first kappa shape index (κ1) is 12.6. The molecule has 0 bridgehead atoms. The fourth-order valence-electron chi connectivity index (χ4n) is 0.988. The van der Waals surface area contributed by atoms with Crippen LogP contribution in [0, 0.1) is 11.8 Å². The Morgan fingerprint density at radius 3 is 2.43 bits per heavy atom. The van der Waals surface area contributed by atoms with E-state index in [-0.39, 0.29) is 0 Å². The average Bonchev–Trinajstić information content (AvgIpc) is 2.16. The van der Waals surface area contributed by atoms with E-state index in [0.29, 0.717) is 6.42 Å². The molecule has 0 N–H and O–H groups in total. The molecule has 1 heteroatoms. The Bertz CT molecular complexity index is 304. The van der Waals surface area contributed by atoms with Crippen molar-refractivity contribution in [2.45, 2.75) is 27.2 Å². The lowest BCUT2D eigenvalue weighted by atomic mass is 10.1. The monoisotopic (exact) mass is 190 g/mol. The smallest absolute Gasteiger partial charge is 0.122 e. The Balaban J connectivity index is 4.97. The Morgan fingerprint density at radius 2 is 2.07 bits per heavy atom. The zero-order chi connectivity index (χ0) is 11.0. The first-order valence-corrected chi connectivity index (χ1v) is 4.59. The van der Waals surface area contributed by atoms with E-state index in [1.807, 2.05) is 26.8 Å². The van der Waals surface area contributed by atoms with Crippen LogP contribution < -0.4 is 0 Å². The molecule has 0 saturated heterocycles. The summed E-state index contributed by atoms with van der Waals surface area (Å²) in [6.45, 7) is 9.65. The maximum absolute atomic E-state index is 5.28. The Labute approximate surface area is 87.2 Å². The molecule has 0 aromatic rings. The van der Waals surface area contributed by atoms with Gasteiger partial charge in [-0.25, -0.2) is 0 Å². The molecule has 0 radical (unpaired) electrons. The highest BCUT2D eigenvalue weighted by molar-refractivity contribution is 5.32. The Morgan fingerprint density at radius 1 is 1.43 bits per heavy atom. The van der Waals surface area contributed by atoms with Gasteiger partial charge in [0.2, 0.25) is 0 Å². The second kappa shape index (κ2) is 7.03. The minimum absolute atomic E-state index is 0.687. The fraction of sp³-hybridized carbons (Fsp3) is 0.385. The van der Waals surface area contributed by atoms with E-state index in [0.717, 1.165) is 11.3 Å². The van der Waals surface area contributed by atoms with Crippen LogP contribution in [0.4, 0.5) is 0 Å². The molecule has 0 aliphatic rings. The molecule has 0 aromatic heterocycles. The van der Waals surface area contributed by atoms with Gasteiger partial charge in [0, 0.05) is 12.0 Å². The molecule has 0 rings (SSSR count). The van der Waals surface area contributed by atoms with E-state index in [9.17, 15) is 0 Å². The van der Waals surface area contributed by atoms with Crippen LogP contribution in [0.3, 0.4) is 0 Å². The van der Waals surface area contributed by atoms with Crippen LogP contribution in [0.25, 0.3) is 0 Å². The van der Waals surface area contributed by atoms with Gasteiger partial charge in [-0.1, -0.05) is 24.1 Å². The normalized spacial score (nSPS) is 10.6. The SMILES string of the molecule is C=C/C(CC#CC)=C(/C=C(C)C)OC. The Kier molecular flexibility index (Phi) is 6.32. The third-order valence-corrected chi connectivity index (χ3v) is 1.66. The predicted octanol–water partition coefficient (Wildman–Crippen LogP) is 3.45. The van der Waals surface area contributed by atoms with E-state index >= 15 is 0 Å². The molecule has 0 aliphatic heterocycles. The van der Waals surface area contributed by atoms with Crippen LogP contribution in [0.1, 0.15) is 27.2 Å². The number of ether oxygens (including phenoxy) is 1. The van der Waals surface area contributed by atoms with Crippen LogP contribution in [0.15, 0.2) is 35.6 Å². The van der Waals surface area contributed by atoms with Gasteiger partial charge in [-0.3, -0.25) is 0 Å². The molecule has 0 aromatic carbocycles. The average molecular weight is 190 g/mol. The fourth-order valence-corrected chi connectivity index (χ4v) is 0.988. The standard InChI is InChI=1S/C13H18O/c1-6-8-9-12(7-2)13(14-5)10-11(3)4/h7,10H,2,9H2,1,3-5H3/b13-12+. The summed E-state index contributed by atoms with van der Waals surface area (Å²) in [5, 5.41) is 0. The molecule has 14 heavy (non-hydrogen) atoms. The molecule has 0 atom stereocenters. The molecule has 0 heterocycles. The first-order valence-electron chi connectivity index (χ1n) is 4.59. The molecule has 1 nitrogen and oxygen atoms in total. The van der Waals surface area contributed by atoms with Crippen molar-refractivity contribution in [1.82, 2.24) is 0 Å². The van der Waals surface area contributed by atoms with Gasteiger partial charge >= 0.3 is 0 Å². The van der Waals surface area contributed by atoms with Gasteiger partial charge in [-0.15, -0.1) is 5.92 Å². The quantitative estimate of drug-likeness (QED) is 0.375. The number of allylic oxidation sites excluding steroid dienone is 4. The van der Waals surface area contributed by atoms with Crippen LogP contribution in [0.5, 0.6) is 0 Å². The summed E-state index contributed by atoms with van der Waals surface area (Å²) in [5.41, 5.74) is 2.23. The van der Waals surface area contributed by atoms with E-state index < -0.39 is 0 Å². The van der Waals surface area contributed by atoms with Crippen molar-refractivity contribution < 1.29 is 4.74 Å². The second-order valence-corrected chi connectivity index (χ2v) is 3.12. The molecule has 0 aliphatic carbocycles. The van der Waals surface area contributed by atoms with Crippen molar-refractivity contribution in [3.63, 3.8) is 0 Å². The summed E-state index contributed by atoms with van der Waals surface area (Å²) < 4.78 is 5.28. The van der Waals surface area contributed by atoms with Gasteiger partial charge in [-0.2, -0.15) is 0 Å². The molecule has 0 amide bonds. The highest BCUT2D eigenvalue weighted by Crippen LogP contribution is 2.13. The van der Waals surface area contributed by atoms with Crippen molar-refractivity contribution in [3.05, 3.63) is 35.6 Å². The lowest BCUT2D eigenvalue weighted by molar-refractivity contribution is 0.302. The number of methoxy groups -OCH3 is 1. The van der Waals surface area contributed by atoms with Crippen LogP contribution in [-0.4, -0.2) is 7.11 Å². The summed E-state index contributed by atoms with van der Waals surface area (Å²) in [5.74, 6) is 6.71. The summed E-state index contributed by atoms with van der Waals surface area (Å²) in [7, 11) is 1.66. The maximum Gasteiger partial charge on any atom is 0.122 e. The molecular formula is C13H18O. The minimum Gasteiger partial charge on any atom is -0.496 e. The molecule has 0 saturated carbocycles. The third-order valence-electron chi connectivity index (χ3n) is 1.66. The first-order chi connectivity index (χ1) is 6.65. The highest BCUT2D eigenvalue weighted by Gasteiger charge is 1.99. The molecule has 0 spiro atoms. The largest absolute Gasteiger partial charge is 0.496 e. The zero-order valence-electron chi connectivity index (χ0n) is 9.48. The van der Waals surface area contributed by atoms with Crippen molar-refractivity contribution in [2.24, 2.45) is 0 Å². The van der Waals surface area contributed by atoms with Crippen molar-refractivity contribution in [1.29, 1.82) is 0 Å². The molecule has 76 valence electrons. The summed E-state index contributed by atoms with van der Waals surface area (Å²) in [6, 6.07) is 0. The lowest BCUT2D eigenvalue weighted by Crippen LogP contribution is -1.90. The van der Waals surface area contributed by atoms with Crippen LogP contribution in [-0.2, 0) is 4.74 Å². The van der Waals surface area contributed by atoms with Gasteiger partial charge in [0.1, 0.15) is 5.76 Å². The van der Waals surface area contributed by atoms with Crippen LogP contribution in [0.2, 0.25) is 0 Å². The van der Waals surface area contributed by atoms with Gasteiger partial charge in [0.05, 0.1) is 7.11 Å². The van der Waals surface area contributed by atoms with Crippen molar-refractivity contribution >= 4 is 0 Å². The summed E-state index contributed by atoms with van der Waals surface area (Å²) >= 11 is 0. The van der Waals surface area contributed by atoms with Gasteiger partial charge < -0.3 is 4.74 Å². The number of hydrogen-bond donors (Lipinski definition) is 0. The highest BCUT2D eigenvalue weighted by atomic mass is 16.5. The predicted molar refractivity (Wildman–Crippen MR) is 61.7 cm³/mol. The van der Waals surface area contributed by atoms with E-state index in [1.165, 1.54) is 5.57 Å². The topological polar surface area (TPSA) is 9.23 Å². The number of hydrogen-bond acceptors (Lipinski definition) is 1. The molecular weight excluding hydrogens is 172 g/mol. The zero-order valence-corrected chi connectivity index (χ0v) is 9.48. The van der Waals surface area contributed by atoms with Gasteiger partial charge in [0.25, 0.3) is 0 Å². The van der Waals surface area contributed by atoms with E-state index in [1.54, 1.807) is 13.2 Å². The maximum atomic E-state index is 5.28. The van der Waals surface area contributed by atoms with Crippen molar-refractivity contribution in [3.8, 4) is 11.8 Å². The van der Waals surface area contributed by atoms with Crippen LogP contribution >= 0.6 is 0 Å². The third kappa shape index (κ3) is 4.57. The Hall–Kier alpha value is -1.42. The van der Waals surface area contributed by atoms with Crippen molar-refractivity contribution in [2.75, 3.05) is 7.11 Å². The van der Waals surface area contributed by atoms with Gasteiger partial charge in [-0.05, 0) is 26.8 Å². The van der Waals surface area contributed by atoms with E-state index in [2.05, 4.69) is 18.4 Å². The van der Waals surface area contributed by atoms with Gasteiger partial charge in [0.15, 0.2) is 0 Å². The summed E-state index contributed by atoms with van der Waals surface area (Å²) in [6.07, 6.45) is 4.48. The number of rotatable bonds is 4. The summed E-state index contributed by atoms with van der Waals surface area (Å²) in [4.78, 5) is 0. The van der Waals surface area contributed by atoms with E-state index in [4.69, 9.17) is 4.74 Å². The lowest BCUT2D eigenvalue weighted by Gasteiger charge is -2.05. The minimum atomic E-state index is 0.687. The molecule has 0 fully saturated rings. The second-order valence-electron chi connectivity index (χ2n) is 3.12. The molecule has 0 unspecified atom stereocenters.